The molecule has 0 aliphatic rings. The lowest BCUT2D eigenvalue weighted by molar-refractivity contribution is 0.480. The molecule has 3 aromatic rings. The van der Waals surface area contributed by atoms with Crippen LogP contribution < -0.4 is 4.74 Å². The molecule has 0 fully saturated rings. The van der Waals surface area contributed by atoms with E-state index in [0.717, 1.165) is 5.69 Å². The van der Waals surface area contributed by atoms with E-state index in [4.69, 9.17) is 4.74 Å². The highest BCUT2D eigenvalue weighted by Crippen LogP contribution is 2.22. The smallest absolute Gasteiger partial charge is 0.165 e. The molecular formula is C15H10F2N2O. The second kappa shape index (κ2) is 5.13. The van der Waals surface area contributed by atoms with E-state index >= 15 is 0 Å². The number of benzene rings is 2. The third kappa shape index (κ3) is 2.66. The first-order chi connectivity index (χ1) is 9.70. The third-order valence-electron chi connectivity index (χ3n) is 2.70. The number of hydrogen-bond donors (Lipinski definition) is 0. The summed E-state index contributed by atoms with van der Waals surface area (Å²) in [5.74, 6) is 0.411. The Kier molecular flexibility index (Phi) is 3.16. The molecule has 1 aromatic heterocycles. The molecule has 1 heterocycles. The van der Waals surface area contributed by atoms with Crippen LogP contribution in [0.3, 0.4) is 0 Å². The highest BCUT2D eigenvalue weighted by atomic mass is 19.1. The zero-order valence-electron chi connectivity index (χ0n) is 10.3. The normalized spacial score (nSPS) is 10.5. The Labute approximate surface area is 114 Å². The molecule has 0 amide bonds. The highest BCUT2D eigenvalue weighted by Gasteiger charge is 2.03. The molecule has 0 saturated carbocycles. The molecule has 0 atom stereocenters. The fourth-order valence-corrected chi connectivity index (χ4v) is 1.73. The summed E-state index contributed by atoms with van der Waals surface area (Å²) in [6, 6.07) is 11.7. The van der Waals surface area contributed by atoms with Crippen molar-refractivity contribution in [2.45, 2.75) is 0 Å². The minimum absolute atomic E-state index is 0.302. The van der Waals surface area contributed by atoms with Crippen LogP contribution in [0.25, 0.3) is 5.69 Å². The predicted octanol–water partition coefficient (Wildman–Crippen LogP) is 3.94. The molecule has 100 valence electrons. The van der Waals surface area contributed by atoms with E-state index in [1.165, 1.54) is 42.6 Å². The standard InChI is InChI=1S/C15H10F2N2O/c16-11-1-5-13(6-2-11)19-10-15(9-18-19)20-14-7-3-12(17)4-8-14/h1-10H. The summed E-state index contributed by atoms with van der Waals surface area (Å²) < 4.78 is 32.7. The van der Waals surface area contributed by atoms with Gasteiger partial charge >= 0.3 is 0 Å². The van der Waals surface area contributed by atoms with Crippen molar-refractivity contribution >= 4 is 0 Å². The van der Waals surface area contributed by atoms with E-state index < -0.39 is 0 Å². The number of ether oxygens (including phenoxy) is 1. The molecule has 0 radical (unpaired) electrons. The lowest BCUT2D eigenvalue weighted by Crippen LogP contribution is -1.93. The van der Waals surface area contributed by atoms with Crippen molar-refractivity contribution in [2.75, 3.05) is 0 Å². The summed E-state index contributed by atoms with van der Waals surface area (Å²) in [6.07, 6.45) is 3.20. The van der Waals surface area contributed by atoms with Crippen molar-refractivity contribution in [3.05, 3.63) is 72.6 Å². The van der Waals surface area contributed by atoms with Gasteiger partial charge in [0.05, 0.1) is 18.1 Å². The Morgan fingerprint density at radius 2 is 1.40 bits per heavy atom. The fraction of sp³-hybridized carbons (Fsp3) is 0. The second-order valence-corrected chi connectivity index (χ2v) is 4.15. The van der Waals surface area contributed by atoms with Gasteiger partial charge in [0, 0.05) is 0 Å². The molecule has 0 saturated heterocycles. The van der Waals surface area contributed by atoms with E-state index in [1.807, 2.05) is 0 Å². The molecule has 20 heavy (non-hydrogen) atoms. The van der Waals surface area contributed by atoms with Crippen LogP contribution in [-0.2, 0) is 0 Å². The lowest BCUT2D eigenvalue weighted by Gasteiger charge is -2.02. The van der Waals surface area contributed by atoms with E-state index in [1.54, 1.807) is 23.0 Å². The molecule has 0 aliphatic carbocycles. The molecule has 5 heteroatoms. The van der Waals surface area contributed by atoms with E-state index in [-0.39, 0.29) is 11.6 Å². The van der Waals surface area contributed by atoms with Crippen LogP contribution in [0, 0.1) is 11.6 Å². The van der Waals surface area contributed by atoms with Crippen molar-refractivity contribution in [3.8, 4) is 17.2 Å². The topological polar surface area (TPSA) is 27.1 Å². The number of halogens is 2. The Morgan fingerprint density at radius 1 is 0.800 bits per heavy atom. The minimum atomic E-state index is -0.320. The first kappa shape index (κ1) is 12.3. The molecular weight excluding hydrogens is 262 g/mol. The fourth-order valence-electron chi connectivity index (χ4n) is 1.73. The van der Waals surface area contributed by atoms with Crippen LogP contribution in [0.1, 0.15) is 0 Å². The van der Waals surface area contributed by atoms with Gasteiger partial charge in [0.1, 0.15) is 17.4 Å². The van der Waals surface area contributed by atoms with Crippen molar-refractivity contribution in [1.82, 2.24) is 9.78 Å². The summed E-state index contributed by atoms with van der Waals surface area (Å²) in [4.78, 5) is 0. The maximum atomic E-state index is 12.8. The van der Waals surface area contributed by atoms with Crippen LogP contribution in [0.5, 0.6) is 11.5 Å². The molecule has 0 unspecified atom stereocenters. The first-order valence-corrected chi connectivity index (χ1v) is 5.95. The van der Waals surface area contributed by atoms with Gasteiger partial charge in [0.25, 0.3) is 0 Å². The lowest BCUT2D eigenvalue weighted by atomic mass is 10.3. The van der Waals surface area contributed by atoms with Gasteiger partial charge in [-0.1, -0.05) is 0 Å². The van der Waals surface area contributed by atoms with E-state index in [0.29, 0.717) is 11.5 Å². The molecule has 0 spiro atoms. The zero-order chi connectivity index (χ0) is 13.9. The van der Waals surface area contributed by atoms with Crippen LogP contribution in [0.4, 0.5) is 8.78 Å². The van der Waals surface area contributed by atoms with Crippen molar-refractivity contribution in [3.63, 3.8) is 0 Å². The van der Waals surface area contributed by atoms with Gasteiger partial charge in [-0.3, -0.25) is 0 Å². The van der Waals surface area contributed by atoms with Crippen LogP contribution in [-0.4, -0.2) is 9.78 Å². The minimum Gasteiger partial charge on any atom is -0.454 e. The van der Waals surface area contributed by atoms with Crippen LogP contribution >= 0.6 is 0 Å². The Bertz CT molecular complexity index is 705. The van der Waals surface area contributed by atoms with Crippen LogP contribution in [0.2, 0.25) is 0 Å². The zero-order valence-corrected chi connectivity index (χ0v) is 10.3. The van der Waals surface area contributed by atoms with Gasteiger partial charge in [-0.25, -0.2) is 13.5 Å². The molecule has 0 bridgehead atoms. The summed E-state index contributed by atoms with van der Waals surface area (Å²) in [5.41, 5.74) is 0.723. The largest absolute Gasteiger partial charge is 0.454 e. The number of aromatic nitrogens is 2. The highest BCUT2D eigenvalue weighted by molar-refractivity contribution is 5.34. The van der Waals surface area contributed by atoms with Crippen molar-refractivity contribution in [1.29, 1.82) is 0 Å². The van der Waals surface area contributed by atoms with E-state index in [2.05, 4.69) is 5.10 Å². The number of hydrogen-bond acceptors (Lipinski definition) is 2. The number of rotatable bonds is 3. The molecule has 2 aromatic carbocycles. The summed E-state index contributed by atoms with van der Waals surface area (Å²) >= 11 is 0. The summed E-state index contributed by atoms with van der Waals surface area (Å²) in [6.45, 7) is 0. The van der Waals surface area contributed by atoms with Crippen LogP contribution in [0.15, 0.2) is 60.9 Å². The molecule has 0 aliphatic heterocycles. The predicted molar refractivity (Wildman–Crippen MR) is 70.0 cm³/mol. The molecule has 0 N–H and O–H groups in total. The molecule has 3 nitrogen and oxygen atoms in total. The SMILES string of the molecule is Fc1ccc(Oc2cnn(-c3ccc(F)cc3)c2)cc1. The first-order valence-electron chi connectivity index (χ1n) is 5.95. The van der Waals surface area contributed by atoms with Crippen molar-refractivity contribution in [2.24, 2.45) is 0 Å². The van der Waals surface area contributed by atoms with Gasteiger partial charge in [0.2, 0.25) is 0 Å². The van der Waals surface area contributed by atoms with Gasteiger partial charge in [-0.2, -0.15) is 5.10 Å². The van der Waals surface area contributed by atoms with Gasteiger partial charge in [0.15, 0.2) is 5.75 Å². The quantitative estimate of drug-likeness (QED) is 0.722. The second-order valence-electron chi connectivity index (χ2n) is 4.15. The average molecular weight is 272 g/mol. The monoisotopic (exact) mass is 272 g/mol. The summed E-state index contributed by atoms with van der Waals surface area (Å²) in [5, 5.41) is 4.12. The number of nitrogens with zero attached hydrogens (tertiary/aromatic N) is 2. The Hall–Kier alpha value is -2.69. The van der Waals surface area contributed by atoms with Gasteiger partial charge in [-0.05, 0) is 48.5 Å². The average Bonchev–Trinajstić information content (AvgIpc) is 2.91. The Morgan fingerprint density at radius 3 is 2.05 bits per heavy atom. The Balaban J connectivity index is 1.80. The van der Waals surface area contributed by atoms with Crippen molar-refractivity contribution < 1.29 is 13.5 Å². The maximum absolute atomic E-state index is 12.8. The van der Waals surface area contributed by atoms with Gasteiger partial charge < -0.3 is 4.74 Å². The maximum Gasteiger partial charge on any atom is 0.165 e. The summed E-state index contributed by atoms with van der Waals surface area (Å²) in [7, 11) is 0. The van der Waals surface area contributed by atoms with Gasteiger partial charge in [-0.15, -0.1) is 0 Å². The van der Waals surface area contributed by atoms with E-state index in [9.17, 15) is 8.78 Å². The molecule has 3 rings (SSSR count). The third-order valence-corrected chi connectivity index (χ3v) is 2.70.